The van der Waals surface area contributed by atoms with Gasteiger partial charge in [0.1, 0.15) is 24.2 Å². The van der Waals surface area contributed by atoms with E-state index in [1.54, 1.807) is 24.3 Å². The van der Waals surface area contributed by atoms with E-state index in [1.165, 1.54) is 4.90 Å². The Kier molecular flexibility index (Phi) is 6.07. The second-order valence-electron chi connectivity index (χ2n) is 8.78. The van der Waals surface area contributed by atoms with Crippen LogP contribution in [0, 0.1) is 6.92 Å². The topological polar surface area (TPSA) is 78.1 Å². The lowest BCUT2D eigenvalue weighted by Gasteiger charge is -2.24. The summed E-state index contributed by atoms with van der Waals surface area (Å²) >= 11 is 0. The van der Waals surface area contributed by atoms with Crippen molar-refractivity contribution in [3.05, 3.63) is 72.4 Å². The van der Waals surface area contributed by atoms with Gasteiger partial charge in [0, 0.05) is 17.4 Å². The number of carbonyl (C=O) groups is 1. The van der Waals surface area contributed by atoms with Gasteiger partial charge < -0.3 is 14.2 Å². The first-order valence-corrected chi connectivity index (χ1v) is 11.6. The molecule has 0 spiro atoms. The van der Waals surface area contributed by atoms with E-state index in [1.807, 2.05) is 60.2 Å². The molecule has 180 valence electrons. The molecule has 2 unspecified atom stereocenters. The van der Waals surface area contributed by atoms with Crippen LogP contribution in [0.5, 0.6) is 5.75 Å². The van der Waals surface area contributed by atoms with Gasteiger partial charge in [-0.2, -0.15) is 0 Å². The third kappa shape index (κ3) is 4.18. The summed E-state index contributed by atoms with van der Waals surface area (Å²) < 4.78 is 22.5. The van der Waals surface area contributed by atoms with E-state index in [2.05, 4.69) is 22.2 Å². The molecule has 3 heterocycles. The number of halogens is 1. The lowest BCUT2D eigenvalue weighted by Crippen LogP contribution is -2.38. The smallest absolute Gasteiger partial charge is 0.252 e. The highest BCUT2D eigenvalue weighted by molar-refractivity contribution is 5.97. The van der Waals surface area contributed by atoms with E-state index in [-0.39, 0.29) is 18.4 Å². The van der Waals surface area contributed by atoms with Crippen LogP contribution in [0.15, 0.2) is 61.2 Å². The number of rotatable bonds is 6. The van der Waals surface area contributed by atoms with Gasteiger partial charge in [-0.05, 0) is 43.0 Å². The van der Waals surface area contributed by atoms with Crippen molar-refractivity contribution in [3.63, 3.8) is 0 Å². The summed E-state index contributed by atoms with van der Waals surface area (Å²) in [7, 11) is 1.62. The maximum atomic E-state index is 13.5. The van der Waals surface area contributed by atoms with E-state index >= 15 is 0 Å². The zero-order valence-electron chi connectivity index (χ0n) is 19.9. The van der Waals surface area contributed by atoms with E-state index in [9.17, 15) is 9.18 Å². The van der Waals surface area contributed by atoms with Crippen LogP contribution in [0.25, 0.3) is 16.9 Å². The number of amides is 1. The Morgan fingerprint density at radius 3 is 2.71 bits per heavy atom. The van der Waals surface area contributed by atoms with Gasteiger partial charge in [0.25, 0.3) is 5.91 Å². The molecule has 0 N–H and O–H groups in total. The largest absolute Gasteiger partial charge is 0.495 e. The molecule has 4 aromatic rings. The summed E-state index contributed by atoms with van der Waals surface area (Å²) in [6.07, 6.45) is 5.98. The number of carbonyl (C=O) groups excluding carboxylic acids is 1. The number of alkyl halides is 1. The van der Waals surface area contributed by atoms with Gasteiger partial charge in [-0.25, -0.2) is 14.1 Å². The molecule has 2 aromatic heterocycles. The predicted molar refractivity (Wildman–Crippen MR) is 131 cm³/mol. The van der Waals surface area contributed by atoms with Crippen molar-refractivity contribution in [1.82, 2.24) is 24.5 Å². The molecule has 0 radical (unpaired) electrons. The number of hydrogen-bond acceptors (Lipinski definition) is 5. The van der Waals surface area contributed by atoms with E-state index in [0.29, 0.717) is 17.9 Å². The molecule has 0 aliphatic carbocycles. The fourth-order valence-electron chi connectivity index (χ4n) is 4.71. The van der Waals surface area contributed by atoms with Crippen molar-refractivity contribution in [1.29, 1.82) is 0 Å². The maximum Gasteiger partial charge on any atom is 0.252 e. The molecule has 2 atom stereocenters. The van der Waals surface area contributed by atoms with E-state index in [4.69, 9.17) is 4.74 Å². The predicted octanol–water partition coefficient (Wildman–Crippen LogP) is 4.50. The number of nitrogens with zero attached hydrogens (tertiary/aromatic N) is 6. The molecule has 0 fully saturated rings. The molecule has 5 rings (SSSR count). The Balaban J connectivity index is 1.48. The Hall–Kier alpha value is -4.01. The van der Waals surface area contributed by atoms with Crippen molar-refractivity contribution in [3.8, 4) is 22.7 Å². The molecule has 0 saturated carbocycles. The minimum Gasteiger partial charge on any atom is -0.495 e. The van der Waals surface area contributed by atoms with Gasteiger partial charge in [-0.3, -0.25) is 4.79 Å². The number of para-hydroxylation sites is 1. The summed E-state index contributed by atoms with van der Waals surface area (Å²) in [6.45, 7) is 3.40. The average molecular weight is 475 g/mol. The maximum absolute atomic E-state index is 13.5. The van der Waals surface area contributed by atoms with Gasteiger partial charge >= 0.3 is 0 Å². The fourth-order valence-corrected chi connectivity index (χ4v) is 4.71. The van der Waals surface area contributed by atoms with E-state index < -0.39 is 12.7 Å². The molecule has 9 heteroatoms. The number of methoxy groups -OCH3 is 1. The highest BCUT2D eigenvalue weighted by atomic mass is 19.1. The third-order valence-corrected chi connectivity index (χ3v) is 6.49. The van der Waals surface area contributed by atoms with Gasteiger partial charge in [-0.15, -0.1) is 5.10 Å². The first kappa shape index (κ1) is 22.8. The van der Waals surface area contributed by atoms with E-state index in [0.717, 1.165) is 28.2 Å². The Morgan fingerprint density at radius 1 is 1.14 bits per heavy atom. The molecular weight excluding hydrogens is 447 g/mol. The monoisotopic (exact) mass is 474 g/mol. The first-order valence-electron chi connectivity index (χ1n) is 11.6. The Bertz CT molecular complexity index is 1360. The third-order valence-electron chi connectivity index (χ3n) is 6.49. The van der Waals surface area contributed by atoms with Crippen LogP contribution in [0.4, 0.5) is 10.1 Å². The number of hydrogen-bond donors (Lipinski definition) is 0. The number of imidazole rings is 1. The minimum absolute atomic E-state index is 0.00695. The van der Waals surface area contributed by atoms with Gasteiger partial charge in [0.05, 0.1) is 37.6 Å². The first-order chi connectivity index (χ1) is 17.0. The van der Waals surface area contributed by atoms with Gasteiger partial charge in [0.15, 0.2) is 0 Å². The standard InChI is InChI=1S/C26H27FN6O2/c1-17-12-24(26(34)32(11-10-27)22-7-5-4-6-20(17)22)33-15-21(29-30-33)19-8-9-23(25(13-19)35-3)31-14-18(2)28-16-31/h4-9,13-17,24H,10-12H2,1-3H3. The molecule has 35 heavy (non-hydrogen) atoms. The number of benzene rings is 2. The SMILES string of the molecule is COc1cc(-c2cn(C3CC(C)c4ccccc4N(CCF)C3=O)nn2)ccc1-n1cnc(C)c1. The van der Waals surface area contributed by atoms with Crippen molar-refractivity contribution >= 4 is 11.6 Å². The second kappa shape index (κ2) is 9.32. The normalized spacial score (nSPS) is 17.8. The van der Waals surface area contributed by atoms with Crippen LogP contribution in [0.1, 0.15) is 36.6 Å². The Morgan fingerprint density at radius 2 is 1.97 bits per heavy atom. The summed E-state index contributed by atoms with van der Waals surface area (Å²) in [5.74, 6) is 0.577. The molecule has 1 aliphatic heterocycles. The van der Waals surface area contributed by atoms with Crippen molar-refractivity contribution in [2.45, 2.75) is 32.2 Å². The van der Waals surface area contributed by atoms with Crippen LogP contribution < -0.4 is 9.64 Å². The summed E-state index contributed by atoms with van der Waals surface area (Å²) in [6, 6.07) is 12.9. The van der Waals surface area contributed by atoms with Crippen LogP contribution in [0.3, 0.4) is 0 Å². The van der Waals surface area contributed by atoms with Gasteiger partial charge in [0.2, 0.25) is 0 Å². The molecule has 8 nitrogen and oxygen atoms in total. The molecule has 0 saturated heterocycles. The second-order valence-corrected chi connectivity index (χ2v) is 8.78. The fraction of sp³-hybridized carbons (Fsp3) is 0.308. The summed E-state index contributed by atoms with van der Waals surface area (Å²) in [5, 5.41) is 8.66. The molecular formula is C26H27FN6O2. The van der Waals surface area contributed by atoms with Crippen LogP contribution >= 0.6 is 0 Å². The average Bonchev–Trinajstić information content (AvgIpc) is 3.52. The highest BCUT2D eigenvalue weighted by Gasteiger charge is 2.35. The number of anilines is 1. The Labute approximate surface area is 203 Å². The van der Waals surface area contributed by atoms with Crippen LogP contribution in [0.2, 0.25) is 0 Å². The van der Waals surface area contributed by atoms with Crippen molar-refractivity contribution in [2.24, 2.45) is 0 Å². The molecule has 1 amide bonds. The zero-order valence-corrected chi connectivity index (χ0v) is 19.9. The number of aromatic nitrogens is 5. The lowest BCUT2D eigenvalue weighted by atomic mass is 9.94. The quantitative estimate of drug-likeness (QED) is 0.411. The summed E-state index contributed by atoms with van der Waals surface area (Å²) in [5.41, 5.74) is 5.00. The van der Waals surface area contributed by atoms with Crippen LogP contribution in [-0.2, 0) is 4.79 Å². The lowest BCUT2D eigenvalue weighted by molar-refractivity contribution is -0.122. The highest BCUT2D eigenvalue weighted by Crippen LogP contribution is 2.38. The van der Waals surface area contributed by atoms with Crippen LogP contribution in [-0.4, -0.2) is 50.8 Å². The zero-order chi connectivity index (χ0) is 24.5. The van der Waals surface area contributed by atoms with Crippen molar-refractivity contribution in [2.75, 3.05) is 25.2 Å². The molecule has 0 bridgehead atoms. The number of aryl methyl sites for hydroxylation is 1. The number of ether oxygens (including phenoxy) is 1. The van der Waals surface area contributed by atoms with Gasteiger partial charge in [-0.1, -0.05) is 36.4 Å². The number of fused-ring (bicyclic) bond motifs is 1. The molecule has 2 aromatic carbocycles. The van der Waals surface area contributed by atoms with Crippen molar-refractivity contribution < 1.29 is 13.9 Å². The summed E-state index contributed by atoms with van der Waals surface area (Å²) in [4.78, 5) is 19.4. The minimum atomic E-state index is -0.619. The molecule has 1 aliphatic rings.